The Balaban J connectivity index is 2.70. The highest BCUT2D eigenvalue weighted by molar-refractivity contribution is 6.37. The highest BCUT2D eigenvalue weighted by atomic mass is 16.5. The average Bonchev–Trinajstić information content (AvgIpc) is 2.44. The first-order valence-corrected chi connectivity index (χ1v) is 3.94. The van der Waals surface area contributed by atoms with Crippen LogP contribution < -0.4 is 5.32 Å². The van der Waals surface area contributed by atoms with Crippen LogP contribution in [0.15, 0.2) is 6.07 Å². The zero-order valence-electron chi connectivity index (χ0n) is 8.20. The molecule has 1 rings (SSSR count). The van der Waals surface area contributed by atoms with Gasteiger partial charge in [0.05, 0.1) is 7.11 Å². The third kappa shape index (κ3) is 2.09. The van der Waals surface area contributed by atoms with Crippen LogP contribution >= 0.6 is 0 Å². The Labute approximate surface area is 80.8 Å². The molecule has 1 N–H and O–H groups in total. The number of anilines is 1. The monoisotopic (exact) mass is 197 g/mol. The largest absolute Gasteiger partial charge is 0.462 e. The van der Waals surface area contributed by atoms with Crippen molar-refractivity contribution in [2.75, 3.05) is 12.4 Å². The van der Waals surface area contributed by atoms with Gasteiger partial charge in [0, 0.05) is 18.8 Å². The summed E-state index contributed by atoms with van der Waals surface area (Å²) in [5, 5.41) is 6.25. The molecule has 0 bridgehead atoms. The third-order valence-corrected chi connectivity index (χ3v) is 1.73. The standard InChI is InChI=1S/C8H11N3O3/c1-5-4-6(10-11(5)2)9-7(12)8(13)14-3/h4H,1-3H3,(H,9,10,12). The zero-order chi connectivity index (χ0) is 10.7. The number of carbonyl (C=O) groups excluding carboxylic acids is 2. The molecule has 0 aromatic carbocycles. The first kappa shape index (κ1) is 10.2. The average molecular weight is 197 g/mol. The molecule has 1 aromatic rings. The van der Waals surface area contributed by atoms with Gasteiger partial charge in [-0.05, 0) is 6.92 Å². The van der Waals surface area contributed by atoms with Gasteiger partial charge in [-0.15, -0.1) is 0 Å². The van der Waals surface area contributed by atoms with Gasteiger partial charge in [-0.3, -0.25) is 14.8 Å². The highest BCUT2D eigenvalue weighted by Gasteiger charge is 2.15. The van der Waals surface area contributed by atoms with Gasteiger partial charge in [-0.1, -0.05) is 0 Å². The molecule has 1 amide bonds. The number of nitrogens with zero attached hydrogens (tertiary/aromatic N) is 2. The maximum atomic E-state index is 11.0. The van der Waals surface area contributed by atoms with Crippen LogP contribution in [-0.4, -0.2) is 28.8 Å². The fraction of sp³-hybridized carbons (Fsp3) is 0.375. The number of nitrogens with one attached hydrogen (secondary N) is 1. The summed E-state index contributed by atoms with van der Waals surface area (Å²) in [6, 6.07) is 1.65. The fourth-order valence-corrected chi connectivity index (χ4v) is 0.882. The summed E-state index contributed by atoms with van der Waals surface area (Å²) >= 11 is 0. The van der Waals surface area contributed by atoms with Gasteiger partial charge in [0.25, 0.3) is 0 Å². The lowest BCUT2D eigenvalue weighted by molar-refractivity contribution is -0.150. The van der Waals surface area contributed by atoms with Crippen LogP contribution in [0.25, 0.3) is 0 Å². The van der Waals surface area contributed by atoms with Crippen LogP contribution in [0.5, 0.6) is 0 Å². The predicted molar refractivity (Wildman–Crippen MR) is 48.6 cm³/mol. The van der Waals surface area contributed by atoms with Gasteiger partial charge >= 0.3 is 11.9 Å². The summed E-state index contributed by atoms with van der Waals surface area (Å²) in [4.78, 5) is 21.8. The first-order chi connectivity index (χ1) is 6.54. The fourth-order valence-electron chi connectivity index (χ4n) is 0.882. The van der Waals surface area contributed by atoms with E-state index in [2.05, 4.69) is 15.2 Å². The Morgan fingerprint density at radius 3 is 2.64 bits per heavy atom. The van der Waals surface area contributed by atoms with Crippen molar-refractivity contribution >= 4 is 17.7 Å². The Morgan fingerprint density at radius 2 is 2.21 bits per heavy atom. The van der Waals surface area contributed by atoms with E-state index in [1.165, 1.54) is 0 Å². The van der Waals surface area contributed by atoms with Crippen LogP contribution in [0.4, 0.5) is 5.82 Å². The van der Waals surface area contributed by atoms with Crippen LogP contribution in [0.1, 0.15) is 5.69 Å². The lowest BCUT2D eigenvalue weighted by Gasteiger charge is -1.98. The lowest BCUT2D eigenvalue weighted by atomic mass is 10.4. The summed E-state index contributed by atoms with van der Waals surface area (Å²) in [5.74, 6) is -1.43. The molecule has 0 aliphatic rings. The SMILES string of the molecule is COC(=O)C(=O)Nc1cc(C)n(C)n1. The maximum Gasteiger partial charge on any atom is 0.396 e. The van der Waals surface area contributed by atoms with Crippen molar-refractivity contribution in [2.24, 2.45) is 7.05 Å². The molecule has 0 spiro atoms. The normalized spacial score (nSPS) is 9.64. The van der Waals surface area contributed by atoms with Crippen molar-refractivity contribution in [3.8, 4) is 0 Å². The molecule has 6 heteroatoms. The number of amides is 1. The molecule has 0 radical (unpaired) electrons. The second kappa shape index (κ2) is 3.91. The summed E-state index contributed by atoms with van der Waals surface area (Å²) < 4.78 is 5.83. The molecule has 0 atom stereocenters. The molecule has 0 aliphatic carbocycles. The second-order valence-electron chi connectivity index (χ2n) is 2.74. The number of aryl methyl sites for hydroxylation is 2. The summed E-state index contributed by atoms with van der Waals surface area (Å²) in [5.41, 5.74) is 0.880. The Bertz CT molecular complexity index is 350. The molecule has 0 fully saturated rings. The molecule has 0 saturated carbocycles. The predicted octanol–water partition coefficient (Wildman–Crippen LogP) is -0.160. The first-order valence-electron chi connectivity index (χ1n) is 3.94. The van der Waals surface area contributed by atoms with Crippen LogP contribution in [0, 0.1) is 6.92 Å². The minimum atomic E-state index is -0.937. The number of esters is 1. The second-order valence-corrected chi connectivity index (χ2v) is 2.74. The number of hydrogen-bond acceptors (Lipinski definition) is 4. The minimum absolute atomic E-state index is 0.334. The molecular weight excluding hydrogens is 186 g/mol. The van der Waals surface area contributed by atoms with Gasteiger partial charge in [0.15, 0.2) is 5.82 Å². The van der Waals surface area contributed by atoms with Crippen molar-refractivity contribution in [2.45, 2.75) is 6.92 Å². The van der Waals surface area contributed by atoms with Gasteiger partial charge in [-0.25, -0.2) is 4.79 Å². The van der Waals surface area contributed by atoms with E-state index in [-0.39, 0.29) is 0 Å². The number of rotatable bonds is 1. The van der Waals surface area contributed by atoms with E-state index < -0.39 is 11.9 Å². The molecule has 1 aromatic heterocycles. The zero-order valence-corrected chi connectivity index (χ0v) is 8.20. The van der Waals surface area contributed by atoms with Crippen LogP contribution in [0.3, 0.4) is 0 Å². The summed E-state index contributed by atoms with van der Waals surface area (Å²) in [6.07, 6.45) is 0. The van der Waals surface area contributed by atoms with Crippen LogP contribution in [-0.2, 0) is 21.4 Å². The van der Waals surface area contributed by atoms with Crippen molar-refractivity contribution in [3.63, 3.8) is 0 Å². The Kier molecular flexibility index (Phi) is 2.85. The number of hydrogen-bond donors (Lipinski definition) is 1. The number of carbonyl (C=O) groups is 2. The Morgan fingerprint density at radius 1 is 1.57 bits per heavy atom. The van der Waals surface area contributed by atoms with Gasteiger partial charge < -0.3 is 4.74 Å². The van der Waals surface area contributed by atoms with Gasteiger partial charge in [0.1, 0.15) is 0 Å². The molecule has 0 aliphatic heterocycles. The van der Waals surface area contributed by atoms with E-state index in [4.69, 9.17) is 0 Å². The quantitative estimate of drug-likeness (QED) is 0.501. The molecule has 0 unspecified atom stereocenters. The minimum Gasteiger partial charge on any atom is -0.462 e. The van der Waals surface area contributed by atoms with E-state index in [0.29, 0.717) is 5.82 Å². The van der Waals surface area contributed by atoms with Gasteiger partial charge in [0.2, 0.25) is 0 Å². The smallest absolute Gasteiger partial charge is 0.396 e. The maximum absolute atomic E-state index is 11.0. The number of aromatic nitrogens is 2. The van der Waals surface area contributed by atoms with E-state index in [1.807, 2.05) is 6.92 Å². The van der Waals surface area contributed by atoms with Crippen LogP contribution in [0.2, 0.25) is 0 Å². The molecule has 1 heterocycles. The van der Waals surface area contributed by atoms with Crippen molar-refractivity contribution < 1.29 is 14.3 Å². The van der Waals surface area contributed by atoms with Gasteiger partial charge in [-0.2, -0.15) is 5.10 Å². The van der Waals surface area contributed by atoms with E-state index in [1.54, 1.807) is 17.8 Å². The molecule has 14 heavy (non-hydrogen) atoms. The molecule has 6 nitrogen and oxygen atoms in total. The molecular formula is C8H11N3O3. The third-order valence-electron chi connectivity index (χ3n) is 1.73. The molecule has 0 saturated heterocycles. The van der Waals surface area contributed by atoms with E-state index >= 15 is 0 Å². The van der Waals surface area contributed by atoms with Crippen molar-refractivity contribution in [3.05, 3.63) is 11.8 Å². The van der Waals surface area contributed by atoms with Crippen molar-refractivity contribution in [1.29, 1.82) is 0 Å². The van der Waals surface area contributed by atoms with E-state index in [9.17, 15) is 9.59 Å². The topological polar surface area (TPSA) is 73.2 Å². The number of methoxy groups -OCH3 is 1. The van der Waals surface area contributed by atoms with E-state index in [0.717, 1.165) is 12.8 Å². The summed E-state index contributed by atoms with van der Waals surface area (Å²) in [7, 11) is 2.88. The summed E-state index contributed by atoms with van der Waals surface area (Å²) in [6.45, 7) is 1.83. The van der Waals surface area contributed by atoms with Crippen molar-refractivity contribution in [1.82, 2.24) is 9.78 Å². The Hall–Kier alpha value is -1.85. The highest BCUT2D eigenvalue weighted by Crippen LogP contribution is 2.06. The number of ether oxygens (including phenoxy) is 1. The molecule has 76 valence electrons. The lowest BCUT2D eigenvalue weighted by Crippen LogP contribution is -2.24.